The van der Waals surface area contributed by atoms with Crippen molar-refractivity contribution in [3.05, 3.63) is 29.6 Å². The quantitative estimate of drug-likeness (QED) is 0.776. The zero-order valence-electron chi connectivity index (χ0n) is 9.77. The SMILES string of the molecule is CCC(C)N(C)C(=O)c1ccc(C#N)cn1. The van der Waals surface area contributed by atoms with Crippen molar-refractivity contribution in [2.75, 3.05) is 7.05 Å². The number of carbonyl (C=O) groups excluding carboxylic acids is 1. The molecule has 1 unspecified atom stereocenters. The number of pyridine rings is 1. The van der Waals surface area contributed by atoms with Crippen molar-refractivity contribution >= 4 is 5.91 Å². The molecule has 0 bridgehead atoms. The molecule has 0 aliphatic rings. The number of nitrogens with zero attached hydrogens (tertiary/aromatic N) is 3. The standard InChI is InChI=1S/C12H15N3O/c1-4-9(2)15(3)12(16)11-6-5-10(7-13)8-14-11/h5-6,8-9H,4H2,1-3H3. The summed E-state index contributed by atoms with van der Waals surface area (Å²) in [6.45, 7) is 4.02. The zero-order chi connectivity index (χ0) is 12.1. The summed E-state index contributed by atoms with van der Waals surface area (Å²) in [5.74, 6) is -0.112. The molecule has 1 atom stereocenters. The lowest BCUT2D eigenvalue weighted by atomic mass is 10.2. The molecule has 16 heavy (non-hydrogen) atoms. The van der Waals surface area contributed by atoms with Crippen LogP contribution in [0.25, 0.3) is 0 Å². The molecule has 0 spiro atoms. The molecule has 0 fully saturated rings. The molecule has 0 aliphatic heterocycles. The van der Waals surface area contributed by atoms with Gasteiger partial charge in [0.1, 0.15) is 11.8 Å². The van der Waals surface area contributed by atoms with Gasteiger partial charge in [-0.1, -0.05) is 6.92 Å². The first-order chi connectivity index (χ1) is 7.60. The fourth-order valence-corrected chi connectivity index (χ4v) is 1.24. The van der Waals surface area contributed by atoms with E-state index in [2.05, 4.69) is 4.98 Å². The Hall–Kier alpha value is -1.89. The fraction of sp³-hybridized carbons (Fsp3) is 0.417. The molecule has 0 aromatic carbocycles. The summed E-state index contributed by atoms with van der Waals surface area (Å²) in [6, 6.07) is 5.34. The van der Waals surface area contributed by atoms with Crippen LogP contribution >= 0.6 is 0 Å². The van der Waals surface area contributed by atoms with Crippen molar-refractivity contribution in [2.45, 2.75) is 26.3 Å². The van der Waals surface area contributed by atoms with Gasteiger partial charge in [0, 0.05) is 19.3 Å². The molecule has 1 heterocycles. The Balaban J connectivity index is 2.85. The minimum absolute atomic E-state index is 0.112. The van der Waals surface area contributed by atoms with Gasteiger partial charge in [-0.05, 0) is 25.5 Å². The largest absolute Gasteiger partial charge is 0.338 e. The maximum absolute atomic E-state index is 11.9. The first-order valence-corrected chi connectivity index (χ1v) is 5.23. The molecule has 1 rings (SSSR count). The van der Waals surface area contributed by atoms with Crippen LogP contribution < -0.4 is 0 Å². The van der Waals surface area contributed by atoms with Crippen LogP contribution in [-0.2, 0) is 0 Å². The van der Waals surface area contributed by atoms with E-state index in [1.165, 1.54) is 6.20 Å². The van der Waals surface area contributed by atoms with Crippen LogP contribution in [0, 0.1) is 11.3 Å². The molecule has 4 heteroatoms. The molecule has 1 amide bonds. The van der Waals surface area contributed by atoms with Crippen molar-refractivity contribution in [3.8, 4) is 6.07 Å². The average molecular weight is 217 g/mol. The molecule has 0 saturated heterocycles. The third-order valence-electron chi connectivity index (χ3n) is 2.68. The van der Waals surface area contributed by atoms with E-state index in [1.807, 2.05) is 19.9 Å². The van der Waals surface area contributed by atoms with Gasteiger partial charge in [0.2, 0.25) is 0 Å². The van der Waals surface area contributed by atoms with E-state index in [4.69, 9.17) is 5.26 Å². The molecule has 0 N–H and O–H groups in total. The molecule has 1 aromatic rings. The average Bonchev–Trinajstić information content (AvgIpc) is 2.36. The highest BCUT2D eigenvalue weighted by atomic mass is 16.2. The number of rotatable bonds is 3. The number of carbonyl (C=O) groups is 1. The first-order valence-electron chi connectivity index (χ1n) is 5.23. The molecular weight excluding hydrogens is 202 g/mol. The van der Waals surface area contributed by atoms with Crippen LogP contribution in [-0.4, -0.2) is 28.9 Å². The molecule has 84 valence electrons. The van der Waals surface area contributed by atoms with Crippen LogP contribution in [0.2, 0.25) is 0 Å². The Bertz CT molecular complexity index is 405. The van der Waals surface area contributed by atoms with Gasteiger partial charge in [-0.3, -0.25) is 4.79 Å². The van der Waals surface area contributed by atoms with Crippen molar-refractivity contribution in [2.24, 2.45) is 0 Å². The lowest BCUT2D eigenvalue weighted by Gasteiger charge is -2.23. The molecular formula is C12H15N3O. The van der Waals surface area contributed by atoms with Crippen molar-refractivity contribution in [1.82, 2.24) is 9.88 Å². The monoisotopic (exact) mass is 217 g/mol. The Kier molecular flexibility index (Phi) is 4.01. The maximum atomic E-state index is 11.9. The van der Waals surface area contributed by atoms with E-state index in [0.717, 1.165) is 6.42 Å². The third-order valence-corrected chi connectivity index (χ3v) is 2.68. The normalized spacial score (nSPS) is 11.6. The van der Waals surface area contributed by atoms with Crippen LogP contribution in [0.3, 0.4) is 0 Å². The highest BCUT2D eigenvalue weighted by molar-refractivity contribution is 5.92. The first kappa shape index (κ1) is 12.2. The molecule has 0 aliphatic carbocycles. The summed E-state index contributed by atoms with van der Waals surface area (Å²) >= 11 is 0. The summed E-state index contributed by atoms with van der Waals surface area (Å²) < 4.78 is 0. The summed E-state index contributed by atoms with van der Waals surface area (Å²) in [5.41, 5.74) is 0.838. The predicted octanol–water partition coefficient (Wildman–Crippen LogP) is 1.82. The van der Waals surface area contributed by atoms with Gasteiger partial charge in [0.05, 0.1) is 5.56 Å². The third kappa shape index (κ3) is 2.57. The van der Waals surface area contributed by atoms with E-state index < -0.39 is 0 Å². The van der Waals surface area contributed by atoms with Crippen molar-refractivity contribution < 1.29 is 4.79 Å². The summed E-state index contributed by atoms with van der Waals surface area (Å²) in [6.07, 6.45) is 2.32. The van der Waals surface area contributed by atoms with E-state index in [1.54, 1.807) is 24.1 Å². The van der Waals surface area contributed by atoms with Gasteiger partial charge in [0.15, 0.2) is 0 Å². The minimum atomic E-state index is -0.112. The van der Waals surface area contributed by atoms with Gasteiger partial charge in [-0.2, -0.15) is 5.26 Å². The second kappa shape index (κ2) is 5.26. The Labute approximate surface area is 95.5 Å². The van der Waals surface area contributed by atoms with Crippen molar-refractivity contribution in [1.29, 1.82) is 5.26 Å². The van der Waals surface area contributed by atoms with Crippen LogP contribution in [0.4, 0.5) is 0 Å². The number of hydrogen-bond acceptors (Lipinski definition) is 3. The van der Waals surface area contributed by atoms with Gasteiger partial charge in [-0.15, -0.1) is 0 Å². The van der Waals surface area contributed by atoms with Crippen molar-refractivity contribution in [3.63, 3.8) is 0 Å². The van der Waals surface area contributed by atoms with Crippen LogP contribution in [0.1, 0.15) is 36.3 Å². The van der Waals surface area contributed by atoms with E-state index in [0.29, 0.717) is 11.3 Å². The summed E-state index contributed by atoms with van der Waals surface area (Å²) in [4.78, 5) is 17.6. The lowest BCUT2D eigenvalue weighted by Crippen LogP contribution is -2.35. The zero-order valence-corrected chi connectivity index (χ0v) is 9.77. The second-order valence-corrected chi connectivity index (χ2v) is 3.72. The van der Waals surface area contributed by atoms with Gasteiger partial charge in [-0.25, -0.2) is 4.98 Å². The second-order valence-electron chi connectivity index (χ2n) is 3.72. The predicted molar refractivity (Wildman–Crippen MR) is 60.8 cm³/mol. The highest BCUT2D eigenvalue weighted by Gasteiger charge is 2.16. The van der Waals surface area contributed by atoms with E-state index in [-0.39, 0.29) is 11.9 Å². The number of hydrogen-bond donors (Lipinski definition) is 0. The lowest BCUT2D eigenvalue weighted by molar-refractivity contribution is 0.0734. The molecule has 0 radical (unpaired) electrons. The van der Waals surface area contributed by atoms with Crippen LogP contribution in [0.15, 0.2) is 18.3 Å². The minimum Gasteiger partial charge on any atom is -0.338 e. The van der Waals surface area contributed by atoms with E-state index >= 15 is 0 Å². The van der Waals surface area contributed by atoms with Gasteiger partial charge >= 0.3 is 0 Å². The number of amides is 1. The van der Waals surface area contributed by atoms with Gasteiger partial charge in [0.25, 0.3) is 5.91 Å². The smallest absolute Gasteiger partial charge is 0.272 e. The van der Waals surface area contributed by atoms with Gasteiger partial charge < -0.3 is 4.90 Å². The highest BCUT2D eigenvalue weighted by Crippen LogP contribution is 2.07. The Morgan fingerprint density at radius 2 is 2.31 bits per heavy atom. The summed E-state index contributed by atoms with van der Waals surface area (Å²) in [7, 11) is 1.76. The fourth-order valence-electron chi connectivity index (χ4n) is 1.24. The molecule has 1 aromatic heterocycles. The van der Waals surface area contributed by atoms with E-state index in [9.17, 15) is 4.79 Å². The maximum Gasteiger partial charge on any atom is 0.272 e. The Morgan fingerprint density at radius 3 is 2.75 bits per heavy atom. The number of aromatic nitrogens is 1. The van der Waals surface area contributed by atoms with Crippen LogP contribution in [0.5, 0.6) is 0 Å². The topological polar surface area (TPSA) is 57.0 Å². The molecule has 0 saturated carbocycles. The molecule has 4 nitrogen and oxygen atoms in total. The summed E-state index contributed by atoms with van der Waals surface area (Å²) in [5, 5.41) is 8.62. The Morgan fingerprint density at radius 1 is 1.62 bits per heavy atom. The number of nitriles is 1.